The first-order chi connectivity index (χ1) is 9.06. The maximum absolute atomic E-state index is 11.9. The van der Waals surface area contributed by atoms with Crippen LogP contribution in [0.4, 0.5) is 5.82 Å². The number of nitrogens with zero attached hydrogens (tertiary/aromatic N) is 3. The molecule has 100 valence electrons. The van der Waals surface area contributed by atoms with Crippen molar-refractivity contribution in [3.8, 4) is 0 Å². The van der Waals surface area contributed by atoms with E-state index in [4.69, 9.17) is 5.73 Å². The van der Waals surface area contributed by atoms with E-state index in [9.17, 15) is 4.79 Å². The molecule has 0 aliphatic carbocycles. The van der Waals surface area contributed by atoms with Gasteiger partial charge in [-0.05, 0) is 34.0 Å². The summed E-state index contributed by atoms with van der Waals surface area (Å²) >= 11 is 3.26. The van der Waals surface area contributed by atoms with E-state index in [1.54, 1.807) is 23.1 Å². The van der Waals surface area contributed by atoms with E-state index in [-0.39, 0.29) is 11.7 Å². The third-order valence-electron chi connectivity index (χ3n) is 2.59. The molecule has 0 bridgehead atoms. The zero-order chi connectivity index (χ0) is 13.8. The Balaban J connectivity index is 1.92. The third kappa shape index (κ3) is 3.54. The Bertz CT molecular complexity index is 596. The molecule has 0 saturated heterocycles. The Labute approximate surface area is 119 Å². The van der Waals surface area contributed by atoms with Crippen molar-refractivity contribution in [2.45, 2.75) is 6.42 Å². The predicted octanol–water partition coefficient (Wildman–Crippen LogP) is 1.13. The molecule has 0 saturated carbocycles. The lowest BCUT2D eigenvalue weighted by molar-refractivity contribution is 0.0954. The summed E-state index contributed by atoms with van der Waals surface area (Å²) in [6.45, 7) is 0.524. The van der Waals surface area contributed by atoms with Crippen molar-refractivity contribution < 1.29 is 4.79 Å². The largest absolute Gasteiger partial charge is 0.383 e. The Hall–Kier alpha value is -1.89. The van der Waals surface area contributed by atoms with Crippen LogP contribution in [0.5, 0.6) is 0 Å². The van der Waals surface area contributed by atoms with E-state index in [0.717, 1.165) is 16.5 Å². The summed E-state index contributed by atoms with van der Waals surface area (Å²) in [4.78, 5) is 15.9. The SMILES string of the molecule is Cn1cc(CCNC(=O)c2cc(Br)cnc2N)cn1. The molecule has 0 fully saturated rings. The van der Waals surface area contributed by atoms with Crippen molar-refractivity contribution in [1.29, 1.82) is 0 Å². The van der Waals surface area contributed by atoms with E-state index in [1.807, 2.05) is 13.2 Å². The summed E-state index contributed by atoms with van der Waals surface area (Å²) < 4.78 is 2.45. The third-order valence-corrected chi connectivity index (χ3v) is 3.02. The van der Waals surface area contributed by atoms with Gasteiger partial charge >= 0.3 is 0 Å². The minimum absolute atomic E-state index is 0.224. The molecule has 1 amide bonds. The molecule has 2 aromatic heterocycles. The van der Waals surface area contributed by atoms with Gasteiger partial charge < -0.3 is 11.1 Å². The number of rotatable bonds is 4. The standard InChI is InChI=1S/C12H14BrN5O/c1-18-7-8(5-17-18)2-3-15-12(19)10-4-9(13)6-16-11(10)14/h4-7H,2-3H2,1H3,(H2,14,16)(H,15,19). The molecule has 0 aliphatic rings. The number of aryl methyl sites for hydroxylation is 1. The Morgan fingerprint density at radius 3 is 3.00 bits per heavy atom. The predicted molar refractivity (Wildman–Crippen MR) is 75.6 cm³/mol. The van der Waals surface area contributed by atoms with Crippen LogP contribution >= 0.6 is 15.9 Å². The number of halogens is 1. The smallest absolute Gasteiger partial charge is 0.255 e. The number of hydrogen-bond acceptors (Lipinski definition) is 4. The lowest BCUT2D eigenvalue weighted by Crippen LogP contribution is -2.26. The minimum Gasteiger partial charge on any atom is -0.383 e. The molecule has 0 spiro atoms. The van der Waals surface area contributed by atoms with Gasteiger partial charge in [-0.25, -0.2) is 4.98 Å². The van der Waals surface area contributed by atoms with Gasteiger partial charge in [-0.3, -0.25) is 9.48 Å². The number of pyridine rings is 1. The molecule has 2 aromatic rings. The van der Waals surface area contributed by atoms with Crippen molar-refractivity contribution in [1.82, 2.24) is 20.1 Å². The Morgan fingerprint density at radius 2 is 2.32 bits per heavy atom. The van der Waals surface area contributed by atoms with Crippen LogP contribution in [0.3, 0.4) is 0 Å². The molecule has 0 unspecified atom stereocenters. The summed E-state index contributed by atoms with van der Waals surface area (Å²) in [6.07, 6.45) is 5.98. The summed E-state index contributed by atoms with van der Waals surface area (Å²) in [5.41, 5.74) is 7.12. The highest BCUT2D eigenvalue weighted by molar-refractivity contribution is 9.10. The second-order valence-corrected chi connectivity index (χ2v) is 5.03. The second kappa shape index (κ2) is 5.83. The number of carbonyl (C=O) groups excluding carboxylic acids is 1. The fraction of sp³-hybridized carbons (Fsp3) is 0.250. The fourth-order valence-electron chi connectivity index (χ4n) is 1.65. The number of amides is 1. The van der Waals surface area contributed by atoms with Gasteiger partial charge in [0.2, 0.25) is 0 Å². The van der Waals surface area contributed by atoms with E-state index < -0.39 is 0 Å². The van der Waals surface area contributed by atoms with Crippen LogP contribution in [0.2, 0.25) is 0 Å². The van der Waals surface area contributed by atoms with Gasteiger partial charge in [0.25, 0.3) is 5.91 Å². The molecular weight excluding hydrogens is 310 g/mol. The topological polar surface area (TPSA) is 85.8 Å². The molecule has 6 nitrogen and oxygen atoms in total. The molecule has 7 heteroatoms. The number of anilines is 1. The zero-order valence-electron chi connectivity index (χ0n) is 10.4. The summed E-state index contributed by atoms with van der Waals surface area (Å²) in [7, 11) is 1.86. The molecular formula is C12H14BrN5O. The molecule has 3 N–H and O–H groups in total. The summed E-state index contributed by atoms with van der Waals surface area (Å²) in [5.74, 6) is -0.00253. The first-order valence-corrected chi connectivity index (χ1v) is 6.52. The van der Waals surface area contributed by atoms with Crippen LogP contribution in [0.25, 0.3) is 0 Å². The van der Waals surface area contributed by atoms with Crippen LogP contribution in [-0.4, -0.2) is 27.2 Å². The molecule has 0 aromatic carbocycles. The van der Waals surface area contributed by atoms with Gasteiger partial charge in [0.15, 0.2) is 0 Å². The average molecular weight is 324 g/mol. The maximum atomic E-state index is 11.9. The summed E-state index contributed by atoms with van der Waals surface area (Å²) in [6, 6.07) is 1.65. The second-order valence-electron chi connectivity index (χ2n) is 4.11. The van der Waals surface area contributed by atoms with Gasteiger partial charge in [0.05, 0.1) is 11.8 Å². The highest BCUT2D eigenvalue weighted by atomic mass is 79.9. The Morgan fingerprint density at radius 1 is 1.53 bits per heavy atom. The number of nitrogens with two attached hydrogens (primary N) is 1. The van der Waals surface area contributed by atoms with Gasteiger partial charge in [-0.2, -0.15) is 5.10 Å². The van der Waals surface area contributed by atoms with E-state index in [0.29, 0.717) is 12.1 Å². The number of aromatic nitrogens is 3. The van der Waals surface area contributed by atoms with Crippen LogP contribution in [0.15, 0.2) is 29.1 Å². The highest BCUT2D eigenvalue weighted by Gasteiger charge is 2.10. The van der Waals surface area contributed by atoms with Crippen LogP contribution < -0.4 is 11.1 Å². The van der Waals surface area contributed by atoms with Crippen molar-refractivity contribution in [3.63, 3.8) is 0 Å². The number of nitrogens with one attached hydrogen (secondary N) is 1. The van der Waals surface area contributed by atoms with Crippen molar-refractivity contribution in [2.75, 3.05) is 12.3 Å². The molecule has 2 heterocycles. The Kier molecular flexibility index (Phi) is 4.16. The quantitative estimate of drug-likeness (QED) is 0.883. The maximum Gasteiger partial charge on any atom is 0.255 e. The number of nitrogen functional groups attached to an aromatic ring is 1. The average Bonchev–Trinajstić information content (AvgIpc) is 2.78. The monoisotopic (exact) mass is 323 g/mol. The van der Waals surface area contributed by atoms with Crippen molar-refractivity contribution >= 4 is 27.7 Å². The van der Waals surface area contributed by atoms with Crippen molar-refractivity contribution in [2.24, 2.45) is 7.05 Å². The van der Waals surface area contributed by atoms with E-state index >= 15 is 0 Å². The van der Waals surface area contributed by atoms with E-state index in [2.05, 4.69) is 31.3 Å². The first kappa shape index (κ1) is 13.5. The van der Waals surface area contributed by atoms with Crippen molar-refractivity contribution in [3.05, 3.63) is 40.3 Å². The van der Waals surface area contributed by atoms with Crippen LogP contribution in [0, 0.1) is 0 Å². The lowest BCUT2D eigenvalue weighted by atomic mass is 10.2. The van der Waals surface area contributed by atoms with Gasteiger partial charge in [-0.15, -0.1) is 0 Å². The normalized spacial score (nSPS) is 10.4. The molecule has 0 atom stereocenters. The lowest BCUT2D eigenvalue weighted by Gasteiger charge is -2.06. The van der Waals surface area contributed by atoms with E-state index in [1.165, 1.54) is 0 Å². The molecule has 0 radical (unpaired) electrons. The number of carbonyl (C=O) groups is 1. The molecule has 2 rings (SSSR count). The number of hydrogen-bond donors (Lipinski definition) is 2. The minimum atomic E-state index is -0.227. The first-order valence-electron chi connectivity index (χ1n) is 5.73. The van der Waals surface area contributed by atoms with Gasteiger partial charge in [-0.1, -0.05) is 0 Å². The van der Waals surface area contributed by atoms with Gasteiger partial charge in [0, 0.05) is 30.5 Å². The van der Waals surface area contributed by atoms with Crippen LogP contribution in [0.1, 0.15) is 15.9 Å². The zero-order valence-corrected chi connectivity index (χ0v) is 12.0. The molecule has 19 heavy (non-hydrogen) atoms. The molecule has 0 aliphatic heterocycles. The highest BCUT2D eigenvalue weighted by Crippen LogP contribution is 2.15. The summed E-state index contributed by atoms with van der Waals surface area (Å²) in [5, 5.41) is 6.87. The van der Waals surface area contributed by atoms with Crippen LogP contribution in [-0.2, 0) is 13.5 Å². The fourth-order valence-corrected chi connectivity index (χ4v) is 1.98. The van der Waals surface area contributed by atoms with Gasteiger partial charge in [0.1, 0.15) is 5.82 Å².